The second-order valence-electron chi connectivity index (χ2n) is 8.01. The van der Waals surface area contributed by atoms with Crippen LogP contribution in [0.5, 0.6) is 34.5 Å². The highest BCUT2D eigenvalue weighted by Crippen LogP contribution is 2.28. The molecule has 0 fully saturated rings. The van der Waals surface area contributed by atoms with Gasteiger partial charge in [0, 0.05) is 0 Å². The molecular formula is C32H26O8. The third-order valence-electron chi connectivity index (χ3n) is 5.01. The van der Waals surface area contributed by atoms with Gasteiger partial charge < -0.3 is 29.9 Å². The molecule has 0 aromatic heterocycles. The molecule has 8 nitrogen and oxygen atoms in total. The molecule has 40 heavy (non-hydrogen) atoms. The van der Waals surface area contributed by atoms with Gasteiger partial charge in [0.15, 0.2) is 0 Å². The van der Waals surface area contributed by atoms with Gasteiger partial charge in [-0.05, 0) is 97.1 Å². The number of aromatic carboxylic acids is 2. The van der Waals surface area contributed by atoms with Crippen molar-refractivity contribution in [3.8, 4) is 34.5 Å². The second-order valence-corrected chi connectivity index (χ2v) is 8.01. The Kier molecular flexibility index (Phi) is 10.7. The van der Waals surface area contributed by atoms with Crippen molar-refractivity contribution in [2.45, 2.75) is 0 Å². The fraction of sp³-hybridized carbons (Fsp3) is 0. The van der Waals surface area contributed by atoms with Crippen molar-refractivity contribution < 1.29 is 39.5 Å². The van der Waals surface area contributed by atoms with Crippen LogP contribution in [0.1, 0.15) is 20.7 Å². The molecule has 5 rings (SSSR count). The standard InChI is InChI=1S/C18H14O4.2C7H6O2/c19-13-1-5-15(6-2-13)21-17-9-11-18(12-10-17)22-16-7-3-14(20)4-8-16;2*8-7(9)6-4-2-1-3-5-6/h1-12,19-20H;2*1-5H,(H,8,9). The van der Waals surface area contributed by atoms with Gasteiger partial charge in [0.1, 0.15) is 34.5 Å². The average Bonchev–Trinajstić information content (AvgIpc) is 2.98. The molecule has 0 aliphatic heterocycles. The van der Waals surface area contributed by atoms with Gasteiger partial charge in [-0.2, -0.15) is 0 Å². The monoisotopic (exact) mass is 538 g/mol. The number of phenols is 2. The van der Waals surface area contributed by atoms with Crippen LogP contribution in [0.25, 0.3) is 0 Å². The maximum atomic E-state index is 10.2. The van der Waals surface area contributed by atoms with Crippen molar-refractivity contribution in [3.05, 3.63) is 145 Å². The Morgan fingerprint density at radius 1 is 0.400 bits per heavy atom. The summed E-state index contributed by atoms with van der Waals surface area (Å²) in [5.74, 6) is 1.27. The number of hydrogen-bond acceptors (Lipinski definition) is 6. The Bertz CT molecular complexity index is 1350. The summed E-state index contributed by atoms with van der Waals surface area (Å²) >= 11 is 0. The summed E-state index contributed by atoms with van der Waals surface area (Å²) in [7, 11) is 0. The maximum Gasteiger partial charge on any atom is 0.335 e. The van der Waals surface area contributed by atoms with E-state index in [1.165, 1.54) is 0 Å². The lowest BCUT2D eigenvalue weighted by Crippen LogP contribution is -1.93. The van der Waals surface area contributed by atoms with E-state index in [0.717, 1.165) is 0 Å². The molecule has 0 aliphatic rings. The molecule has 8 heteroatoms. The van der Waals surface area contributed by atoms with E-state index >= 15 is 0 Å². The zero-order chi connectivity index (χ0) is 28.7. The molecule has 0 radical (unpaired) electrons. The van der Waals surface area contributed by atoms with Crippen molar-refractivity contribution in [1.29, 1.82) is 0 Å². The molecule has 202 valence electrons. The summed E-state index contributed by atoms with van der Waals surface area (Å²) < 4.78 is 11.3. The summed E-state index contributed by atoms with van der Waals surface area (Å²) in [6.45, 7) is 0. The van der Waals surface area contributed by atoms with E-state index in [1.54, 1.807) is 133 Å². The Hall–Kier alpha value is -5.76. The third kappa shape index (κ3) is 9.95. The minimum absolute atomic E-state index is 0.199. The van der Waals surface area contributed by atoms with Crippen LogP contribution in [-0.2, 0) is 0 Å². The number of carboxylic acid groups (broad SMARTS) is 2. The van der Waals surface area contributed by atoms with Crippen molar-refractivity contribution >= 4 is 11.9 Å². The highest BCUT2D eigenvalue weighted by atomic mass is 16.5. The molecule has 5 aromatic rings. The second kappa shape index (κ2) is 14.8. The van der Waals surface area contributed by atoms with Gasteiger partial charge in [-0.3, -0.25) is 0 Å². The summed E-state index contributed by atoms with van der Waals surface area (Å²) in [6, 6.07) is 36.8. The van der Waals surface area contributed by atoms with E-state index in [0.29, 0.717) is 34.1 Å². The lowest BCUT2D eigenvalue weighted by molar-refractivity contribution is 0.0686. The van der Waals surface area contributed by atoms with Crippen molar-refractivity contribution in [1.82, 2.24) is 0 Å². The van der Waals surface area contributed by atoms with Gasteiger partial charge in [0.2, 0.25) is 0 Å². The van der Waals surface area contributed by atoms with Crippen LogP contribution in [0.15, 0.2) is 133 Å². The fourth-order valence-electron chi connectivity index (χ4n) is 3.04. The van der Waals surface area contributed by atoms with Crippen LogP contribution in [-0.4, -0.2) is 32.4 Å². The van der Waals surface area contributed by atoms with E-state index < -0.39 is 11.9 Å². The van der Waals surface area contributed by atoms with Crippen LogP contribution in [0.4, 0.5) is 0 Å². The number of aromatic hydroxyl groups is 2. The van der Waals surface area contributed by atoms with Gasteiger partial charge in [0.25, 0.3) is 0 Å². The highest BCUT2D eigenvalue weighted by molar-refractivity contribution is 5.87. The molecule has 0 spiro atoms. The molecule has 0 heterocycles. The molecule has 0 atom stereocenters. The summed E-state index contributed by atoms with van der Waals surface area (Å²) in [5, 5.41) is 35.2. The molecule has 0 amide bonds. The Balaban J connectivity index is 0.000000201. The third-order valence-corrected chi connectivity index (χ3v) is 5.01. The number of hydrogen-bond donors (Lipinski definition) is 4. The average molecular weight is 539 g/mol. The minimum atomic E-state index is -0.879. The molecule has 0 saturated carbocycles. The van der Waals surface area contributed by atoms with Gasteiger partial charge in [-0.1, -0.05) is 36.4 Å². The molecule has 0 unspecified atom stereocenters. The van der Waals surface area contributed by atoms with E-state index in [9.17, 15) is 19.8 Å². The first-order chi connectivity index (χ1) is 19.3. The van der Waals surface area contributed by atoms with Crippen LogP contribution in [0.3, 0.4) is 0 Å². The van der Waals surface area contributed by atoms with Gasteiger partial charge in [-0.15, -0.1) is 0 Å². The van der Waals surface area contributed by atoms with Crippen molar-refractivity contribution in [2.75, 3.05) is 0 Å². The molecule has 0 aliphatic carbocycles. The predicted octanol–water partition coefficient (Wildman–Crippen LogP) is 7.45. The number of carbonyl (C=O) groups is 2. The van der Waals surface area contributed by atoms with Crippen LogP contribution < -0.4 is 9.47 Å². The SMILES string of the molecule is O=C(O)c1ccccc1.O=C(O)c1ccccc1.Oc1ccc(Oc2ccc(Oc3ccc(O)cc3)cc2)cc1. The first kappa shape index (κ1) is 28.8. The molecule has 0 saturated heterocycles. The number of benzene rings is 5. The van der Waals surface area contributed by atoms with E-state index in [-0.39, 0.29) is 11.5 Å². The van der Waals surface area contributed by atoms with E-state index in [1.807, 2.05) is 0 Å². The Morgan fingerprint density at radius 2 is 0.650 bits per heavy atom. The number of phenolic OH excluding ortho intramolecular Hbond substituents is 2. The summed E-state index contributed by atoms with van der Waals surface area (Å²) in [5.41, 5.74) is 0.662. The number of carboxylic acids is 2. The topological polar surface area (TPSA) is 134 Å². The zero-order valence-corrected chi connectivity index (χ0v) is 21.1. The van der Waals surface area contributed by atoms with Crippen molar-refractivity contribution in [3.63, 3.8) is 0 Å². The zero-order valence-electron chi connectivity index (χ0n) is 21.1. The normalized spacial score (nSPS) is 9.60. The van der Waals surface area contributed by atoms with E-state index in [2.05, 4.69) is 0 Å². The molecule has 5 aromatic carbocycles. The smallest absolute Gasteiger partial charge is 0.335 e. The summed E-state index contributed by atoms with van der Waals surface area (Å²) in [6.07, 6.45) is 0. The lowest BCUT2D eigenvalue weighted by atomic mass is 10.2. The van der Waals surface area contributed by atoms with Gasteiger partial charge >= 0.3 is 11.9 Å². The van der Waals surface area contributed by atoms with Crippen LogP contribution in [0.2, 0.25) is 0 Å². The predicted molar refractivity (Wildman–Crippen MR) is 150 cm³/mol. The Morgan fingerprint density at radius 3 is 0.875 bits per heavy atom. The first-order valence-electron chi connectivity index (χ1n) is 11.9. The van der Waals surface area contributed by atoms with Gasteiger partial charge in [0.05, 0.1) is 11.1 Å². The largest absolute Gasteiger partial charge is 0.508 e. The van der Waals surface area contributed by atoms with Crippen LogP contribution >= 0.6 is 0 Å². The lowest BCUT2D eigenvalue weighted by Gasteiger charge is -2.08. The van der Waals surface area contributed by atoms with E-state index in [4.69, 9.17) is 19.7 Å². The van der Waals surface area contributed by atoms with Gasteiger partial charge in [-0.25, -0.2) is 9.59 Å². The molecule has 4 N–H and O–H groups in total. The first-order valence-corrected chi connectivity index (χ1v) is 11.9. The maximum absolute atomic E-state index is 10.2. The highest BCUT2D eigenvalue weighted by Gasteiger charge is 2.01. The summed E-state index contributed by atoms with van der Waals surface area (Å²) in [4.78, 5) is 20.4. The van der Waals surface area contributed by atoms with Crippen molar-refractivity contribution in [2.24, 2.45) is 0 Å². The number of rotatable bonds is 6. The molecular weight excluding hydrogens is 512 g/mol. The number of ether oxygens (including phenoxy) is 2. The quantitative estimate of drug-likeness (QED) is 0.175. The fourth-order valence-corrected chi connectivity index (χ4v) is 3.04. The minimum Gasteiger partial charge on any atom is -0.508 e. The van der Waals surface area contributed by atoms with Crippen LogP contribution in [0, 0.1) is 0 Å². The molecule has 0 bridgehead atoms. The Labute approximate surface area is 230 Å².